The number of nitrogens with one attached hydrogen (secondary N) is 3. The molecule has 1 aliphatic heterocycles. The van der Waals surface area contributed by atoms with E-state index < -0.39 is 36.0 Å². The fourth-order valence-corrected chi connectivity index (χ4v) is 3.93. The Kier molecular flexibility index (Phi) is 14.7. The molecule has 0 bridgehead atoms. The smallest absolute Gasteiger partial charge is 0.326 e. The zero-order chi connectivity index (χ0) is 30.4. The summed E-state index contributed by atoms with van der Waals surface area (Å²) >= 11 is 0. The van der Waals surface area contributed by atoms with E-state index in [2.05, 4.69) is 16.0 Å². The highest BCUT2D eigenvalue weighted by molar-refractivity contribution is 5.95. The van der Waals surface area contributed by atoms with Gasteiger partial charge in [0.2, 0.25) is 5.91 Å². The lowest BCUT2D eigenvalue weighted by molar-refractivity contribution is -0.143. The minimum atomic E-state index is -0.976. The van der Waals surface area contributed by atoms with Crippen LogP contribution < -0.4 is 21.7 Å². The Morgan fingerprint density at radius 1 is 0.925 bits per heavy atom. The van der Waals surface area contributed by atoms with Crippen molar-refractivity contribution in [1.82, 2.24) is 10.6 Å². The number of carboxylic acid groups (broad SMARTS) is 3. The Hall–Kier alpha value is -3.70. The molecule has 0 spiro atoms. The predicted molar refractivity (Wildman–Crippen MR) is 155 cm³/mol. The third-order valence-electron chi connectivity index (χ3n) is 6.18. The number of hydrogen-bond donors (Lipinski definition) is 7. The first kappa shape index (κ1) is 34.3. The molecule has 2 aromatic rings. The maximum Gasteiger partial charge on any atom is 0.326 e. The number of anilines is 1. The van der Waals surface area contributed by atoms with Crippen LogP contribution in [-0.4, -0.2) is 69.8 Å². The number of hydrogen-bond acceptors (Lipinski definition) is 7. The second kappa shape index (κ2) is 17.1. The highest BCUT2D eigenvalue weighted by Crippen LogP contribution is 2.23. The summed E-state index contributed by atoms with van der Waals surface area (Å²) in [5.74, 6) is -2.69. The minimum Gasteiger partial charge on any atom is -0.480 e. The van der Waals surface area contributed by atoms with Gasteiger partial charge in [0.15, 0.2) is 0 Å². The summed E-state index contributed by atoms with van der Waals surface area (Å²) in [5, 5.41) is 36.8. The van der Waals surface area contributed by atoms with Crippen LogP contribution in [0.1, 0.15) is 53.9 Å². The predicted octanol–water partition coefficient (Wildman–Crippen LogP) is 3.13. The summed E-state index contributed by atoms with van der Waals surface area (Å²) in [6.45, 7) is 9.91. The van der Waals surface area contributed by atoms with Gasteiger partial charge in [0, 0.05) is 11.1 Å². The number of fused-ring (bicyclic) bond motifs is 1. The van der Waals surface area contributed by atoms with Gasteiger partial charge < -0.3 is 37.0 Å². The van der Waals surface area contributed by atoms with Crippen LogP contribution in [-0.2, 0) is 19.2 Å². The van der Waals surface area contributed by atoms with E-state index in [0.29, 0.717) is 12.3 Å². The summed E-state index contributed by atoms with van der Waals surface area (Å²) in [4.78, 5) is 43.4. The topological polar surface area (TPSA) is 191 Å². The average molecular weight is 561 g/mol. The number of carboxylic acids is 3. The Bertz CT molecular complexity index is 1110. The van der Waals surface area contributed by atoms with Crippen LogP contribution in [0.4, 0.5) is 5.69 Å². The first-order valence-corrected chi connectivity index (χ1v) is 13.5. The molecule has 8 N–H and O–H groups in total. The van der Waals surface area contributed by atoms with E-state index >= 15 is 0 Å². The first-order chi connectivity index (χ1) is 18.7. The van der Waals surface area contributed by atoms with Gasteiger partial charge in [0.25, 0.3) is 0 Å². The molecule has 1 aliphatic rings. The highest BCUT2D eigenvalue weighted by atomic mass is 16.4. The first-order valence-electron chi connectivity index (χ1n) is 13.5. The molecule has 1 heterocycles. The van der Waals surface area contributed by atoms with Gasteiger partial charge in [-0.15, -0.1) is 0 Å². The van der Waals surface area contributed by atoms with E-state index in [1.807, 2.05) is 56.3 Å². The van der Waals surface area contributed by atoms with Crippen molar-refractivity contribution < 1.29 is 34.5 Å². The summed E-state index contributed by atoms with van der Waals surface area (Å²) in [7, 11) is 0. The van der Waals surface area contributed by atoms with Crippen molar-refractivity contribution in [3.63, 3.8) is 0 Å². The molecule has 1 amide bonds. The fourth-order valence-electron chi connectivity index (χ4n) is 3.93. The molecule has 3 rings (SSSR count). The van der Waals surface area contributed by atoms with Crippen molar-refractivity contribution in [2.45, 2.75) is 78.0 Å². The van der Waals surface area contributed by atoms with Gasteiger partial charge in [-0.3, -0.25) is 14.4 Å². The van der Waals surface area contributed by atoms with Crippen LogP contribution in [0.2, 0.25) is 0 Å². The van der Waals surface area contributed by atoms with E-state index in [4.69, 9.17) is 21.1 Å². The van der Waals surface area contributed by atoms with E-state index in [1.54, 1.807) is 20.8 Å². The van der Waals surface area contributed by atoms with Crippen LogP contribution in [0.3, 0.4) is 0 Å². The monoisotopic (exact) mass is 560 g/mol. The average Bonchev–Trinajstić information content (AvgIpc) is 3.42. The molecule has 222 valence electrons. The van der Waals surface area contributed by atoms with Crippen LogP contribution in [0, 0.1) is 11.8 Å². The lowest BCUT2D eigenvalue weighted by Gasteiger charge is -2.20. The lowest BCUT2D eigenvalue weighted by Crippen LogP contribution is -2.50. The number of nitrogens with two attached hydrogens (primary N) is 1. The number of benzene rings is 2. The van der Waals surface area contributed by atoms with Crippen molar-refractivity contribution in [2.24, 2.45) is 17.6 Å². The van der Waals surface area contributed by atoms with Gasteiger partial charge in [-0.2, -0.15) is 0 Å². The van der Waals surface area contributed by atoms with Gasteiger partial charge in [-0.05, 0) is 56.0 Å². The number of aliphatic carboxylic acids is 3. The normalized spacial score (nSPS) is 16.6. The number of amides is 1. The molecule has 0 radical (unpaired) electrons. The molecule has 1 saturated heterocycles. The molecule has 0 aromatic heterocycles. The molecule has 40 heavy (non-hydrogen) atoms. The Labute approximate surface area is 235 Å². The van der Waals surface area contributed by atoms with E-state index in [-0.39, 0.29) is 17.9 Å². The van der Waals surface area contributed by atoms with Crippen LogP contribution >= 0.6 is 0 Å². The molecule has 4 atom stereocenters. The van der Waals surface area contributed by atoms with Gasteiger partial charge >= 0.3 is 17.9 Å². The van der Waals surface area contributed by atoms with Gasteiger partial charge in [0.1, 0.15) is 18.1 Å². The zero-order valence-corrected chi connectivity index (χ0v) is 23.9. The summed E-state index contributed by atoms with van der Waals surface area (Å²) in [6, 6.07) is 11.4. The van der Waals surface area contributed by atoms with Gasteiger partial charge in [-0.25, -0.2) is 4.79 Å². The number of carbonyl (C=O) groups is 4. The molecule has 3 unspecified atom stereocenters. The van der Waals surface area contributed by atoms with E-state index in [0.717, 1.165) is 35.8 Å². The maximum atomic E-state index is 11.6. The summed E-state index contributed by atoms with van der Waals surface area (Å²) in [5.41, 5.74) is 6.07. The zero-order valence-electron chi connectivity index (χ0n) is 23.9. The highest BCUT2D eigenvalue weighted by Gasteiger charge is 2.28. The Balaban J connectivity index is 0.000000313. The quantitative estimate of drug-likeness (QED) is 0.227. The molecule has 2 aromatic carbocycles. The largest absolute Gasteiger partial charge is 0.480 e. The van der Waals surface area contributed by atoms with Crippen LogP contribution in [0.25, 0.3) is 10.8 Å². The molecule has 11 nitrogen and oxygen atoms in total. The molecular formula is C29H44N4O7. The van der Waals surface area contributed by atoms with E-state index in [1.165, 1.54) is 0 Å². The SMILES string of the molecule is CC(C)C(NC(=O)[C@@H]1CCCN1)C(=O)O.CC(C)CC(N)C(=O)O.CC(Nc1cccc2ccccc12)C(=O)O. The minimum absolute atomic E-state index is 0.104. The molecule has 11 heteroatoms. The molecule has 1 fully saturated rings. The maximum absolute atomic E-state index is 11.6. The lowest BCUT2D eigenvalue weighted by atomic mass is 10.0. The van der Waals surface area contributed by atoms with Crippen molar-refractivity contribution in [1.29, 1.82) is 0 Å². The van der Waals surface area contributed by atoms with Crippen molar-refractivity contribution in [3.8, 4) is 0 Å². The van der Waals surface area contributed by atoms with E-state index in [9.17, 15) is 19.2 Å². The van der Waals surface area contributed by atoms with Crippen LogP contribution in [0.15, 0.2) is 42.5 Å². The summed E-state index contributed by atoms with van der Waals surface area (Å²) < 4.78 is 0. The Morgan fingerprint density at radius 2 is 1.55 bits per heavy atom. The summed E-state index contributed by atoms with van der Waals surface area (Å²) in [6.07, 6.45) is 2.31. The molecule has 0 aliphatic carbocycles. The Morgan fingerprint density at radius 3 is 2.02 bits per heavy atom. The van der Waals surface area contributed by atoms with Crippen molar-refractivity contribution >= 4 is 40.3 Å². The number of rotatable bonds is 10. The van der Waals surface area contributed by atoms with Crippen LogP contribution in [0.5, 0.6) is 0 Å². The second-order valence-corrected chi connectivity index (χ2v) is 10.5. The third kappa shape index (κ3) is 12.0. The molecular weight excluding hydrogens is 516 g/mol. The molecule has 0 saturated carbocycles. The van der Waals surface area contributed by atoms with Crippen molar-refractivity contribution in [2.75, 3.05) is 11.9 Å². The van der Waals surface area contributed by atoms with Crippen molar-refractivity contribution in [3.05, 3.63) is 42.5 Å². The number of carbonyl (C=O) groups excluding carboxylic acids is 1. The third-order valence-corrected chi connectivity index (χ3v) is 6.18. The van der Waals surface area contributed by atoms with Gasteiger partial charge in [0.05, 0.1) is 6.04 Å². The second-order valence-electron chi connectivity index (χ2n) is 10.5. The van der Waals surface area contributed by atoms with Gasteiger partial charge in [-0.1, -0.05) is 64.1 Å². The standard InChI is InChI=1S/C13H13NO2.C10H18N2O3.C6H13NO2/c1-9(13(15)16)14-12-8-4-6-10-5-2-3-7-11(10)12;1-6(2)8(10(14)15)12-9(13)7-4-3-5-11-7;1-4(2)3-5(7)6(8)9/h2-9,14H,1H3,(H,15,16);6-8,11H,3-5H2,1-2H3,(H,12,13)(H,14,15);4-5H,3,7H2,1-2H3,(H,8,9)/t;7-,8?;/m.0./s1. The fraction of sp³-hybridized carbons (Fsp3) is 0.517.